The van der Waals surface area contributed by atoms with Gasteiger partial charge in [-0.15, -0.1) is 0 Å². The predicted octanol–water partition coefficient (Wildman–Crippen LogP) is 6.55. The maximum absolute atomic E-state index is 14.2. The van der Waals surface area contributed by atoms with Crippen molar-refractivity contribution in [3.8, 4) is 11.1 Å². The summed E-state index contributed by atoms with van der Waals surface area (Å²) in [5.74, 6) is -2.47. The molecule has 0 aliphatic rings. The third kappa shape index (κ3) is 7.24. The van der Waals surface area contributed by atoms with Crippen LogP contribution >= 0.6 is 0 Å². The van der Waals surface area contributed by atoms with Gasteiger partial charge in [0.1, 0.15) is 11.4 Å². The lowest BCUT2D eigenvalue weighted by Gasteiger charge is -2.15. The van der Waals surface area contributed by atoms with Crippen molar-refractivity contribution in [1.82, 2.24) is 15.3 Å². The van der Waals surface area contributed by atoms with Gasteiger partial charge in [0.05, 0.1) is 11.1 Å². The molecule has 0 fully saturated rings. The van der Waals surface area contributed by atoms with Crippen LogP contribution in [0, 0.1) is 5.95 Å². The minimum Gasteiger partial charge on any atom is -0.350 e. The molecule has 0 radical (unpaired) electrons. The number of carbonyl (C=O) groups excluding carboxylic acids is 2. The molecule has 0 aliphatic carbocycles. The molecule has 0 unspecified atom stereocenters. The quantitative estimate of drug-likeness (QED) is 0.193. The summed E-state index contributed by atoms with van der Waals surface area (Å²) in [7, 11) is 0. The van der Waals surface area contributed by atoms with Crippen molar-refractivity contribution in [2.24, 2.45) is 0 Å². The maximum Gasteiger partial charge on any atom is 0.416 e. The second-order valence-corrected chi connectivity index (χ2v) is 8.66. The van der Waals surface area contributed by atoms with Crippen molar-refractivity contribution in [1.29, 1.82) is 0 Å². The number of alkyl halides is 6. The molecule has 2 aromatic carbocycles. The Labute approximate surface area is 228 Å². The average molecular weight is 576 g/mol. The van der Waals surface area contributed by atoms with Crippen LogP contribution in [0.1, 0.15) is 37.7 Å². The summed E-state index contributed by atoms with van der Waals surface area (Å²) in [5, 5.41) is 4.58. The lowest BCUT2D eigenvalue weighted by molar-refractivity contribution is -0.143. The Morgan fingerprint density at radius 2 is 1.34 bits per heavy atom. The summed E-state index contributed by atoms with van der Waals surface area (Å²) in [6, 6.07) is 14.5. The highest BCUT2D eigenvalue weighted by Crippen LogP contribution is 2.37. The Morgan fingerprint density at radius 1 is 0.732 bits per heavy atom. The van der Waals surface area contributed by atoms with Gasteiger partial charge in [0.15, 0.2) is 0 Å². The largest absolute Gasteiger partial charge is 0.416 e. The standard InChI is InChI=1S/C28H19F7N4O2/c29-24-21(7-4-11-36-24)20-6-2-1-5-16(20)10-12-37-25(40)22-8-3-9-23(39-22)26(41)38-19-14-17(27(30,31)32)13-18(15-19)28(33,34)35/h1-9,11,13-15H,10,12H2,(H,37,40)(H,38,41). The fraction of sp³-hybridized carbons (Fsp3) is 0.143. The van der Waals surface area contributed by atoms with Gasteiger partial charge in [-0.2, -0.15) is 30.7 Å². The van der Waals surface area contributed by atoms with Crippen molar-refractivity contribution in [3.63, 3.8) is 0 Å². The minimum absolute atomic E-state index is 0.0650. The van der Waals surface area contributed by atoms with E-state index in [9.17, 15) is 40.3 Å². The van der Waals surface area contributed by atoms with Crippen LogP contribution in [0.4, 0.5) is 36.4 Å². The number of nitrogens with one attached hydrogen (secondary N) is 2. The molecule has 2 N–H and O–H groups in total. The van der Waals surface area contributed by atoms with Gasteiger partial charge in [-0.05, 0) is 60.0 Å². The molecule has 0 bridgehead atoms. The number of halogens is 7. The zero-order chi connectivity index (χ0) is 29.8. The zero-order valence-corrected chi connectivity index (χ0v) is 20.8. The summed E-state index contributed by atoms with van der Waals surface area (Å²) in [5.41, 5.74) is -2.98. The highest BCUT2D eigenvalue weighted by Gasteiger charge is 2.37. The normalized spacial score (nSPS) is 11.7. The topological polar surface area (TPSA) is 84.0 Å². The fourth-order valence-corrected chi connectivity index (χ4v) is 3.90. The Morgan fingerprint density at radius 3 is 1.98 bits per heavy atom. The Bertz CT molecular complexity index is 1550. The Hall–Kier alpha value is -4.81. The van der Waals surface area contributed by atoms with Gasteiger partial charge in [0, 0.05) is 24.0 Å². The molecular formula is C28H19F7N4O2. The van der Waals surface area contributed by atoms with Gasteiger partial charge in [-0.25, -0.2) is 9.97 Å². The van der Waals surface area contributed by atoms with Crippen molar-refractivity contribution in [2.75, 3.05) is 11.9 Å². The lowest BCUT2D eigenvalue weighted by Crippen LogP contribution is -2.27. The second kappa shape index (κ2) is 11.7. The molecular weight excluding hydrogens is 557 g/mol. The van der Waals surface area contributed by atoms with E-state index in [2.05, 4.69) is 15.3 Å². The van der Waals surface area contributed by atoms with Crippen LogP contribution in [0.5, 0.6) is 0 Å². The summed E-state index contributed by atoms with van der Waals surface area (Å²) >= 11 is 0. The smallest absolute Gasteiger partial charge is 0.350 e. The number of rotatable bonds is 7. The van der Waals surface area contributed by atoms with E-state index >= 15 is 0 Å². The number of pyridine rings is 2. The highest BCUT2D eigenvalue weighted by molar-refractivity contribution is 6.04. The van der Waals surface area contributed by atoms with Gasteiger partial charge in [-0.3, -0.25) is 9.59 Å². The molecule has 2 aromatic heterocycles. The van der Waals surface area contributed by atoms with E-state index in [4.69, 9.17) is 0 Å². The molecule has 0 aliphatic heterocycles. The first-order valence-electron chi connectivity index (χ1n) is 11.9. The molecule has 4 rings (SSSR count). The first-order chi connectivity index (χ1) is 19.3. The van der Waals surface area contributed by atoms with Crippen LogP contribution < -0.4 is 10.6 Å². The number of anilines is 1. The minimum atomic E-state index is -5.09. The highest BCUT2D eigenvalue weighted by atomic mass is 19.4. The number of hydrogen-bond donors (Lipinski definition) is 2. The number of amides is 2. The van der Waals surface area contributed by atoms with Crippen molar-refractivity contribution >= 4 is 17.5 Å². The molecule has 0 saturated carbocycles. The first-order valence-corrected chi connectivity index (χ1v) is 11.9. The Kier molecular flexibility index (Phi) is 8.36. The van der Waals surface area contributed by atoms with E-state index < -0.39 is 52.6 Å². The number of hydrogen-bond acceptors (Lipinski definition) is 4. The summed E-state index contributed by atoms with van der Waals surface area (Å²) in [4.78, 5) is 32.8. The third-order valence-electron chi connectivity index (χ3n) is 5.81. The summed E-state index contributed by atoms with van der Waals surface area (Å²) in [6.45, 7) is 0.0975. The molecule has 212 valence electrons. The third-order valence-corrected chi connectivity index (χ3v) is 5.81. The molecule has 13 heteroatoms. The SMILES string of the molecule is O=C(NCCc1ccccc1-c1cccnc1F)c1cccc(C(=O)Nc2cc(C(F)(F)F)cc(C(F)(F)F)c2)n1. The van der Waals surface area contributed by atoms with Crippen LogP contribution in [0.25, 0.3) is 11.1 Å². The fourth-order valence-electron chi connectivity index (χ4n) is 3.90. The summed E-state index contributed by atoms with van der Waals surface area (Å²) < 4.78 is 92.9. The van der Waals surface area contributed by atoms with Crippen LogP contribution in [-0.2, 0) is 18.8 Å². The van der Waals surface area contributed by atoms with Gasteiger partial charge < -0.3 is 10.6 Å². The maximum atomic E-state index is 14.2. The zero-order valence-electron chi connectivity index (χ0n) is 20.8. The lowest BCUT2D eigenvalue weighted by atomic mass is 9.98. The molecule has 0 spiro atoms. The van der Waals surface area contributed by atoms with Gasteiger partial charge >= 0.3 is 12.4 Å². The molecule has 2 amide bonds. The van der Waals surface area contributed by atoms with Gasteiger partial charge in [0.2, 0.25) is 5.95 Å². The van der Waals surface area contributed by atoms with E-state index in [0.717, 1.165) is 11.6 Å². The number of benzene rings is 2. The second-order valence-electron chi connectivity index (χ2n) is 8.66. The first kappa shape index (κ1) is 29.2. The van der Waals surface area contributed by atoms with Crippen molar-refractivity contribution in [2.45, 2.75) is 18.8 Å². The van der Waals surface area contributed by atoms with E-state index in [-0.39, 0.29) is 23.9 Å². The van der Waals surface area contributed by atoms with E-state index in [0.29, 0.717) is 24.1 Å². The van der Waals surface area contributed by atoms with Crippen LogP contribution in [-0.4, -0.2) is 28.3 Å². The predicted molar refractivity (Wildman–Crippen MR) is 134 cm³/mol. The van der Waals surface area contributed by atoms with Gasteiger partial charge in [0.25, 0.3) is 11.8 Å². The molecule has 0 atom stereocenters. The van der Waals surface area contributed by atoms with Crippen LogP contribution in [0.15, 0.2) is 79.0 Å². The number of aromatic nitrogens is 2. The van der Waals surface area contributed by atoms with Gasteiger partial charge in [-0.1, -0.05) is 30.3 Å². The molecule has 41 heavy (non-hydrogen) atoms. The van der Waals surface area contributed by atoms with Crippen LogP contribution in [0.2, 0.25) is 0 Å². The van der Waals surface area contributed by atoms with E-state index in [1.165, 1.54) is 18.3 Å². The molecule has 0 saturated heterocycles. The van der Waals surface area contributed by atoms with Crippen molar-refractivity contribution in [3.05, 3.63) is 113 Å². The molecule has 2 heterocycles. The molecule has 6 nitrogen and oxygen atoms in total. The number of nitrogens with zero attached hydrogens (tertiary/aromatic N) is 2. The van der Waals surface area contributed by atoms with E-state index in [1.807, 2.05) is 5.32 Å². The van der Waals surface area contributed by atoms with Crippen LogP contribution in [0.3, 0.4) is 0 Å². The monoisotopic (exact) mass is 576 g/mol. The molecule has 4 aromatic rings. The average Bonchev–Trinajstić information content (AvgIpc) is 2.92. The van der Waals surface area contributed by atoms with Crippen molar-refractivity contribution < 1.29 is 40.3 Å². The number of carbonyl (C=O) groups is 2. The Balaban J connectivity index is 1.45. The van der Waals surface area contributed by atoms with E-state index in [1.54, 1.807) is 36.4 Å². The summed E-state index contributed by atoms with van der Waals surface area (Å²) in [6.07, 6.45) is -8.57.